The number of benzene rings is 1. The minimum atomic E-state index is 0.260. The molecule has 0 saturated heterocycles. The molecule has 0 aliphatic rings. The second-order valence-electron chi connectivity index (χ2n) is 6.14. The number of pyridine rings is 1. The predicted octanol–water partition coefficient (Wildman–Crippen LogP) is 3.96. The van der Waals surface area contributed by atoms with E-state index in [9.17, 15) is 0 Å². The van der Waals surface area contributed by atoms with Gasteiger partial charge < -0.3 is 20.5 Å². The Hall–Kier alpha value is -3.33. The number of aryl methyl sites for hydroxylation is 1. The van der Waals surface area contributed by atoms with E-state index in [4.69, 9.17) is 26.8 Å². The van der Waals surface area contributed by atoms with Gasteiger partial charge in [-0.15, -0.1) is 5.11 Å². The molecule has 0 aliphatic carbocycles. The number of rotatable bonds is 8. The van der Waals surface area contributed by atoms with E-state index in [1.54, 1.807) is 18.9 Å². The van der Waals surface area contributed by atoms with Crippen molar-refractivity contribution in [2.45, 2.75) is 13.1 Å². The Labute approximate surface area is 173 Å². The molecule has 0 bridgehead atoms. The van der Waals surface area contributed by atoms with Crippen molar-refractivity contribution in [1.82, 2.24) is 14.8 Å². The zero-order chi connectivity index (χ0) is 20.8. The third kappa shape index (κ3) is 5.14. The Kier molecular flexibility index (Phi) is 6.50. The Morgan fingerprint density at radius 2 is 2.03 bits per heavy atom. The SMILES string of the molecule is COc1ccc(CNc2nc(Cl)cc(N)c2N=NCc2ccn(C)n2)c(OC)c1. The van der Waals surface area contributed by atoms with Crippen LogP contribution in [0.4, 0.5) is 17.2 Å². The number of nitrogens with one attached hydrogen (secondary N) is 1. The molecule has 0 radical (unpaired) electrons. The highest BCUT2D eigenvalue weighted by Crippen LogP contribution is 2.34. The van der Waals surface area contributed by atoms with Gasteiger partial charge in [-0.3, -0.25) is 4.68 Å². The van der Waals surface area contributed by atoms with E-state index in [0.717, 1.165) is 11.3 Å². The average Bonchev–Trinajstić information content (AvgIpc) is 3.12. The highest BCUT2D eigenvalue weighted by atomic mass is 35.5. The topological polar surface area (TPSA) is 112 Å². The maximum atomic E-state index is 6.09. The lowest BCUT2D eigenvalue weighted by molar-refractivity contribution is 0.391. The number of ether oxygens (including phenoxy) is 2. The van der Waals surface area contributed by atoms with E-state index in [0.29, 0.717) is 41.8 Å². The molecule has 0 atom stereocenters. The molecule has 2 aromatic heterocycles. The molecule has 9 nitrogen and oxygen atoms in total. The van der Waals surface area contributed by atoms with Gasteiger partial charge in [0.05, 0.1) is 25.6 Å². The van der Waals surface area contributed by atoms with Gasteiger partial charge in [0.1, 0.15) is 23.2 Å². The van der Waals surface area contributed by atoms with E-state index >= 15 is 0 Å². The van der Waals surface area contributed by atoms with E-state index < -0.39 is 0 Å². The fourth-order valence-corrected chi connectivity index (χ4v) is 2.86. The predicted molar refractivity (Wildman–Crippen MR) is 112 cm³/mol. The lowest BCUT2D eigenvalue weighted by atomic mass is 10.2. The number of aromatic nitrogens is 3. The van der Waals surface area contributed by atoms with Gasteiger partial charge in [-0.2, -0.15) is 10.2 Å². The standard InChI is InChI=1S/C19H22ClN7O2/c1-27-7-6-13(26-27)11-23-25-18-15(21)9-17(20)24-19(18)22-10-12-4-5-14(28-2)8-16(12)29-3/h4-9H,10-11H2,1-3H3,(H3,21,22,24). The molecule has 0 unspecified atom stereocenters. The second-order valence-corrected chi connectivity index (χ2v) is 6.53. The van der Waals surface area contributed by atoms with Crippen LogP contribution in [-0.4, -0.2) is 29.0 Å². The second kappa shape index (κ2) is 9.24. The molecule has 29 heavy (non-hydrogen) atoms. The Bertz CT molecular complexity index is 1020. The summed E-state index contributed by atoms with van der Waals surface area (Å²) in [7, 11) is 5.05. The first-order chi connectivity index (χ1) is 14.0. The fraction of sp³-hybridized carbons (Fsp3) is 0.263. The van der Waals surface area contributed by atoms with Crippen molar-refractivity contribution in [3.05, 3.63) is 52.9 Å². The lowest BCUT2D eigenvalue weighted by Crippen LogP contribution is -2.05. The van der Waals surface area contributed by atoms with Gasteiger partial charge in [0.25, 0.3) is 0 Å². The number of nitrogens with two attached hydrogens (primary N) is 1. The number of nitrogens with zero attached hydrogens (tertiary/aromatic N) is 5. The van der Waals surface area contributed by atoms with Gasteiger partial charge in [0.2, 0.25) is 0 Å². The smallest absolute Gasteiger partial charge is 0.158 e. The maximum Gasteiger partial charge on any atom is 0.158 e. The first-order valence-corrected chi connectivity index (χ1v) is 9.14. The van der Waals surface area contributed by atoms with Gasteiger partial charge in [-0.05, 0) is 18.2 Å². The van der Waals surface area contributed by atoms with Crippen LogP contribution in [0.1, 0.15) is 11.3 Å². The number of hydrogen-bond acceptors (Lipinski definition) is 8. The molecule has 0 saturated carbocycles. The van der Waals surface area contributed by atoms with Gasteiger partial charge >= 0.3 is 0 Å². The summed E-state index contributed by atoms with van der Waals surface area (Å²) in [4.78, 5) is 4.30. The molecular formula is C19H22ClN7O2. The number of halogens is 1. The van der Waals surface area contributed by atoms with Crippen molar-refractivity contribution in [2.24, 2.45) is 17.3 Å². The van der Waals surface area contributed by atoms with Crippen molar-refractivity contribution in [3.63, 3.8) is 0 Å². The molecule has 152 valence electrons. The molecule has 1 aromatic carbocycles. The van der Waals surface area contributed by atoms with E-state index in [2.05, 4.69) is 25.6 Å². The minimum absolute atomic E-state index is 0.260. The van der Waals surface area contributed by atoms with Crippen molar-refractivity contribution < 1.29 is 9.47 Å². The first-order valence-electron chi connectivity index (χ1n) is 8.77. The zero-order valence-corrected chi connectivity index (χ0v) is 17.1. The monoisotopic (exact) mass is 415 g/mol. The number of azo groups is 1. The van der Waals surface area contributed by atoms with Gasteiger partial charge in [-0.1, -0.05) is 11.6 Å². The van der Waals surface area contributed by atoms with Crippen molar-refractivity contribution in [1.29, 1.82) is 0 Å². The molecule has 0 aliphatic heterocycles. The summed E-state index contributed by atoms with van der Waals surface area (Å²) in [6, 6.07) is 8.98. The molecule has 10 heteroatoms. The molecule has 3 N–H and O–H groups in total. The normalized spacial score (nSPS) is 11.0. The zero-order valence-electron chi connectivity index (χ0n) is 16.4. The van der Waals surface area contributed by atoms with Crippen LogP contribution in [0.25, 0.3) is 0 Å². The summed E-state index contributed by atoms with van der Waals surface area (Å²) in [6.07, 6.45) is 1.85. The summed E-state index contributed by atoms with van der Waals surface area (Å²) < 4.78 is 12.4. The molecule has 3 aromatic rings. The summed E-state index contributed by atoms with van der Waals surface area (Å²) in [5, 5.41) is 16.2. The van der Waals surface area contributed by atoms with Crippen LogP contribution in [0.3, 0.4) is 0 Å². The summed E-state index contributed by atoms with van der Waals surface area (Å²) >= 11 is 6.08. The van der Waals surface area contributed by atoms with E-state index in [-0.39, 0.29) is 5.15 Å². The summed E-state index contributed by atoms with van der Waals surface area (Å²) in [6.45, 7) is 0.747. The van der Waals surface area contributed by atoms with Crippen LogP contribution in [0.2, 0.25) is 5.15 Å². The number of nitrogen functional groups attached to an aromatic ring is 1. The summed E-state index contributed by atoms with van der Waals surface area (Å²) in [5.41, 5.74) is 8.59. The van der Waals surface area contributed by atoms with Crippen molar-refractivity contribution in [3.8, 4) is 11.5 Å². The highest BCUT2D eigenvalue weighted by Gasteiger charge is 2.12. The molecule has 0 fully saturated rings. The first kappa shape index (κ1) is 20.4. The number of anilines is 2. The van der Waals surface area contributed by atoms with Crippen molar-refractivity contribution >= 4 is 28.8 Å². The fourth-order valence-electron chi connectivity index (χ4n) is 2.66. The third-order valence-electron chi connectivity index (χ3n) is 4.10. The Balaban J connectivity index is 1.80. The van der Waals surface area contributed by atoms with E-state index in [1.165, 1.54) is 6.07 Å². The average molecular weight is 416 g/mol. The molecule has 0 spiro atoms. The highest BCUT2D eigenvalue weighted by molar-refractivity contribution is 6.30. The molecule has 0 amide bonds. The van der Waals surface area contributed by atoms with Gasteiger partial charge in [0.15, 0.2) is 11.5 Å². The number of hydrogen-bond donors (Lipinski definition) is 2. The van der Waals surface area contributed by atoms with Crippen LogP contribution in [0, 0.1) is 0 Å². The van der Waals surface area contributed by atoms with Crippen LogP contribution >= 0.6 is 11.6 Å². The van der Waals surface area contributed by atoms with Crippen LogP contribution in [-0.2, 0) is 20.1 Å². The van der Waals surface area contributed by atoms with Crippen LogP contribution in [0.15, 0.2) is 46.8 Å². The van der Waals surface area contributed by atoms with Crippen LogP contribution < -0.4 is 20.5 Å². The summed E-state index contributed by atoms with van der Waals surface area (Å²) in [5.74, 6) is 1.82. The maximum absolute atomic E-state index is 6.09. The third-order valence-corrected chi connectivity index (χ3v) is 4.30. The molecule has 3 rings (SSSR count). The van der Waals surface area contributed by atoms with Gasteiger partial charge in [0, 0.05) is 37.5 Å². The minimum Gasteiger partial charge on any atom is -0.497 e. The quantitative estimate of drug-likeness (QED) is 0.425. The van der Waals surface area contributed by atoms with Gasteiger partial charge in [-0.25, -0.2) is 4.98 Å². The van der Waals surface area contributed by atoms with E-state index in [1.807, 2.05) is 37.5 Å². The largest absolute Gasteiger partial charge is 0.497 e. The Morgan fingerprint density at radius 3 is 2.72 bits per heavy atom. The Morgan fingerprint density at radius 1 is 1.21 bits per heavy atom. The van der Waals surface area contributed by atoms with Crippen molar-refractivity contribution in [2.75, 3.05) is 25.3 Å². The number of methoxy groups -OCH3 is 2. The molecule has 2 heterocycles. The molecular weight excluding hydrogens is 394 g/mol. The van der Waals surface area contributed by atoms with Crippen LogP contribution in [0.5, 0.6) is 11.5 Å². The lowest BCUT2D eigenvalue weighted by Gasteiger charge is -2.13.